The maximum Gasteiger partial charge on any atom is 0.257 e. The predicted molar refractivity (Wildman–Crippen MR) is 88.3 cm³/mol. The minimum atomic E-state index is -3.88. The van der Waals surface area contributed by atoms with Gasteiger partial charge in [0.25, 0.3) is 10.0 Å². The molecule has 0 spiro atoms. The van der Waals surface area contributed by atoms with Crippen molar-refractivity contribution in [1.82, 2.24) is 9.78 Å². The largest absolute Gasteiger partial charge is 0.497 e. The molecule has 0 bridgehead atoms. The Bertz CT molecular complexity index is 824. The predicted octanol–water partition coefficient (Wildman–Crippen LogP) is 1.17. The van der Waals surface area contributed by atoms with Crippen LogP contribution in [0.5, 0.6) is 5.75 Å². The van der Waals surface area contributed by atoms with Crippen LogP contribution in [-0.2, 0) is 27.7 Å². The maximum absolute atomic E-state index is 11.9. The summed E-state index contributed by atoms with van der Waals surface area (Å²) >= 11 is 0. The van der Waals surface area contributed by atoms with Crippen molar-refractivity contribution < 1.29 is 17.9 Å². The zero-order chi connectivity index (χ0) is 17.4. The van der Waals surface area contributed by atoms with E-state index in [1.165, 1.54) is 0 Å². The highest BCUT2D eigenvalue weighted by Gasteiger charge is 2.34. The molecule has 0 unspecified atom stereocenters. The number of nitrogens with two attached hydrogens (primary N) is 1. The van der Waals surface area contributed by atoms with E-state index in [0.29, 0.717) is 31.7 Å². The van der Waals surface area contributed by atoms with Gasteiger partial charge < -0.3 is 9.47 Å². The molecule has 2 N–H and O–H groups in total. The van der Waals surface area contributed by atoms with Crippen molar-refractivity contribution in [3.05, 3.63) is 41.6 Å². The molecule has 0 aliphatic carbocycles. The fraction of sp³-hybridized carbons (Fsp3) is 0.438. The van der Waals surface area contributed by atoms with Crippen LogP contribution in [0.3, 0.4) is 0 Å². The Labute approximate surface area is 141 Å². The normalized spacial score (nSPS) is 16.6. The first kappa shape index (κ1) is 16.9. The van der Waals surface area contributed by atoms with Crippen LogP contribution in [0.25, 0.3) is 0 Å². The number of nitrogens with zero attached hydrogens (tertiary/aromatic N) is 2. The van der Waals surface area contributed by atoms with Gasteiger partial charge in [-0.15, -0.1) is 0 Å². The van der Waals surface area contributed by atoms with Gasteiger partial charge in [0.1, 0.15) is 5.75 Å². The summed E-state index contributed by atoms with van der Waals surface area (Å²) in [6.07, 6.45) is 2.19. The van der Waals surface area contributed by atoms with Crippen molar-refractivity contribution in [2.75, 3.05) is 20.3 Å². The van der Waals surface area contributed by atoms with E-state index in [1.54, 1.807) is 18.0 Å². The molecule has 0 amide bonds. The molecule has 2 aromatic rings. The zero-order valence-corrected chi connectivity index (χ0v) is 14.5. The molecule has 1 fully saturated rings. The van der Waals surface area contributed by atoms with Gasteiger partial charge in [0.15, 0.2) is 5.03 Å². The molecular formula is C16H21N3O4S. The Morgan fingerprint density at radius 1 is 1.33 bits per heavy atom. The molecule has 0 saturated carbocycles. The van der Waals surface area contributed by atoms with Gasteiger partial charge >= 0.3 is 0 Å². The molecule has 1 saturated heterocycles. The van der Waals surface area contributed by atoms with Gasteiger partial charge in [-0.3, -0.25) is 4.68 Å². The van der Waals surface area contributed by atoms with Crippen molar-refractivity contribution in [3.63, 3.8) is 0 Å². The van der Waals surface area contributed by atoms with Crippen LogP contribution < -0.4 is 9.88 Å². The van der Waals surface area contributed by atoms with Crippen molar-refractivity contribution >= 4 is 10.0 Å². The van der Waals surface area contributed by atoms with Crippen molar-refractivity contribution in [2.45, 2.75) is 24.9 Å². The molecule has 1 aromatic carbocycles. The van der Waals surface area contributed by atoms with Crippen LogP contribution >= 0.6 is 0 Å². The van der Waals surface area contributed by atoms with Crippen LogP contribution in [0.2, 0.25) is 0 Å². The summed E-state index contributed by atoms with van der Waals surface area (Å²) in [5, 5.41) is 9.47. The lowest BCUT2D eigenvalue weighted by atomic mass is 9.89. The van der Waals surface area contributed by atoms with Crippen molar-refractivity contribution in [2.24, 2.45) is 10.6 Å². The molecule has 8 heteroatoms. The lowest BCUT2D eigenvalue weighted by Gasteiger charge is -2.37. The van der Waals surface area contributed by atoms with Crippen LogP contribution in [-0.4, -0.2) is 38.5 Å². The lowest BCUT2D eigenvalue weighted by molar-refractivity contribution is -0.111. The molecule has 1 aliphatic heterocycles. The summed E-state index contributed by atoms with van der Waals surface area (Å²) in [5.41, 5.74) is 1.53. The Morgan fingerprint density at radius 3 is 2.50 bits per heavy atom. The first-order chi connectivity index (χ1) is 11.3. The molecule has 0 radical (unpaired) electrons. The summed E-state index contributed by atoms with van der Waals surface area (Å²) in [5.74, 6) is 0.749. The molecule has 24 heavy (non-hydrogen) atoms. The highest BCUT2D eigenvalue weighted by Crippen LogP contribution is 2.29. The van der Waals surface area contributed by atoms with Gasteiger partial charge in [-0.2, -0.15) is 5.10 Å². The van der Waals surface area contributed by atoms with Gasteiger partial charge in [-0.05, 0) is 17.7 Å². The molecule has 0 atom stereocenters. The van der Waals surface area contributed by atoms with Crippen LogP contribution in [0.1, 0.15) is 18.1 Å². The van der Waals surface area contributed by atoms with Gasteiger partial charge in [0.2, 0.25) is 0 Å². The van der Waals surface area contributed by atoms with E-state index < -0.39 is 10.0 Å². The quantitative estimate of drug-likeness (QED) is 0.842. The molecule has 130 valence electrons. The van der Waals surface area contributed by atoms with Crippen molar-refractivity contribution in [1.29, 1.82) is 0 Å². The summed E-state index contributed by atoms with van der Waals surface area (Å²) in [6, 6.07) is 7.46. The Kier molecular flexibility index (Phi) is 4.37. The number of hydrogen-bond donors (Lipinski definition) is 1. The Balaban J connectivity index is 1.88. The van der Waals surface area contributed by atoms with Gasteiger partial charge in [0, 0.05) is 23.6 Å². The third-order valence-electron chi connectivity index (χ3n) is 4.07. The minimum absolute atomic E-state index is 0.0148. The summed E-state index contributed by atoms with van der Waals surface area (Å²) in [7, 11) is -2.28. The second kappa shape index (κ2) is 6.19. The summed E-state index contributed by atoms with van der Waals surface area (Å²) in [6.45, 7) is 3.97. The van der Waals surface area contributed by atoms with E-state index in [4.69, 9.17) is 14.6 Å². The number of rotatable bonds is 6. The van der Waals surface area contributed by atoms with Crippen LogP contribution in [0, 0.1) is 5.41 Å². The molecule has 2 heterocycles. The monoisotopic (exact) mass is 351 g/mol. The van der Waals surface area contributed by atoms with Crippen LogP contribution in [0.15, 0.2) is 35.5 Å². The molecule has 3 rings (SSSR count). The average molecular weight is 351 g/mol. The number of hydrogen-bond acceptors (Lipinski definition) is 5. The zero-order valence-electron chi connectivity index (χ0n) is 13.7. The fourth-order valence-electron chi connectivity index (χ4n) is 2.78. The van der Waals surface area contributed by atoms with Crippen molar-refractivity contribution in [3.8, 4) is 5.75 Å². The molecule has 1 aliphatic rings. The van der Waals surface area contributed by atoms with E-state index in [0.717, 1.165) is 11.3 Å². The van der Waals surface area contributed by atoms with E-state index in [9.17, 15) is 8.42 Å². The average Bonchev–Trinajstić information content (AvgIpc) is 2.89. The van der Waals surface area contributed by atoms with E-state index in [1.807, 2.05) is 24.3 Å². The number of primary sulfonamides is 1. The van der Waals surface area contributed by atoms with Gasteiger partial charge in [-0.25, -0.2) is 13.6 Å². The summed E-state index contributed by atoms with van der Waals surface area (Å²) in [4.78, 5) is 0. The van der Waals surface area contributed by atoms with E-state index in [-0.39, 0.29) is 10.4 Å². The first-order valence-electron chi connectivity index (χ1n) is 7.59. The molecular weight excluding hydrogens is 330 g/mol. The van der Waals surface area contributed by atoms with Gasteiger partial charge in [0.05, 0.1) is 26.9 Å². The van der Waals surface area contributed by atoms with E-state index >= 15 is 0 Å². The fourth-order valence-corrected chi connectivity index (χ4v) is 3.49. The molecule has 1 aromatic heterocycles. The third-order valence-corrected chi connectivity index (χ3v) is 4.95. The minimum Gasteiger partial charge on any atom is -0.497 e. The smallest absolute Gasteiger partial charge is 0.257 e. The number of benzene rings is 1. The third kappa shape index (κ3) is 3.61. The lowest BCUT2D eigenvalue weighted by Crippen LogP contribution is -2.43. The Hall–Kier alpha value is -1.90. The molecule has 7 nitrogen and oxygen atoms in total. The standard InChI is InChI=1S/C16H21N3O4S/c1-16(10-23-11-16)9-19-8-13(15(18-19)24(17,20)21)7-12-3-5-14(22-2)6-4-12/h3-6,8H,7,9-11H2,1-2H3,(H2,17,20,21). The highest BCUT2D eigenvalue weighted by atomic mass is 32.2. The SMILES string of the molecule is COc1ccc(Cc2cn(CC3(C)COC3)nc2S(N)(=O)=O)cc1. The topological polar surface area (TPSA) is 96.4 Å². The van der Waals surface area contributed by atoms with Gasteiger partial charge in [-0.1, -0.05) is 19.1 Å². The van der Waals surface area contributed by atoms with Crippen LogP contribution in [0.4, 0.5) is 0 Å². The second-order valence-electron chi connectivity index (χ2n) is 6.53. The number of aromatic nitrogens is 2. The number of ether oxygens (including phenoxy) is 2. The Morgan fingerprint density at radius 2 is 2.00 bits per heavy atom. The summed E-state index contributed by atoms with van der Waals surface area (Å²) < 4.78 is 35.7. The van der Waals surface area contributed by atoms with E-state index in [2.05, 4.69) is 12.0 Å². The second-order valence-corrected chi connectivity index (χ2v) is 8.01. The number of methoxy groups -OCH3 is 1. The number of sulfonamides is 1. The maximum atomic E-state index is 11.9. The highest BCUT2D eigenvalue weighted by molar-refractivity contribution is 7.89. The first-order valence-corrected chi connectivity index (χ1v) is 9.14.